The van der Waals surface area contributed by atoms with Crippen LogP contribution in [-0.4, -0.2) is 16.0 Å². The van der Waals surface area contributed by atoms with Gasteiger partial charge in [-0.2, -0.15) is 0 Å². The monoisotopic (exact) mass is 281 g/mol. The fourth-order valence-corrected chi connectivity index (χ4v) is 3.31. The van der Waals surface area contributed by atoms with Crippen molar-refractivity contribution in [3.8, 4) is 10.6 Å². The van der Waals surface area contributed by atoms with E-state index < -0.39 is 0 Å². The molecule has 0 unspecified atom stereocenters. The Morgan fingerprint density at radius 1 is 1.28 bits per heavy atom. The summed E-state index contributed by atoms with van der Waals surface area (Å²) in [6, 6.07) is 0.413. The maximum absolute atomic E-state index is 4.59. The molecule has 0 amide bonds. The molecule has 3 nitrogen and oxygen atoms in total. The lowest BCUT2D eigenvalue weighted by atomic mass is 9.98. The minimum Gasteiger partial charge on any atom is -0.359 e. The van der Waals surface area contributed by atoms with Crippen LogP contribution in [0.3, 0.4) is 0 Å². The summed E-state index contributed by atoms with van der Waals surface area (Å²) in [6.45, 7) is 10.8. The minimum absolute atomic E-state index is 0.109. The van der Waals surface area contributed by atoms with E-state index in [4.69, 9.17) is 0 Å². The van der Waals surface area contributed by atoms with Gasteiger partial charge >= 0.3 is 0 Å². The van der Waals surface area contributed by atoms with Crippen LogP contribution in [0.4, 0.5) is 5.13 Å². The Kier molecular flexibility index (Phi) is 3.73. The summed E-state index contributed by atoms with van der Waals surface area (Å²) in [4.78, 5) is 10.2. The fraction of sp³-hybridized carbons (Fsp3) is 0.538. The lowest BCUT2D eigenvalue weighted by Crippen LogP contribution is -2.09. The predicted molar refractivity (Wildman–Crippen MR) is 80.7 cm³/mol. The molecular weight excluding hydrogens is 262 g/mol. The molecule has 18 heavy (non-hydrogen) atoms. The van der Waals surface area contributed by atoms with Crippen molar-refractivity contribution in [1.82, 2.24) is 9.97 Å². The molecule has 0 aromatic carbocycles. The van der Waals surface area contributed by atoms with Gasteiger partial charge in [0.2, 0.25) is 0 Å². The number of anilines is 1. The molecule has 0 aliphatic rings. The van der Waals surface area contributed by atoms with Crippen molar-refractivity contribution in [3.63, 3.8) is 0 Å². The molecule has 5 heteroatoms. The highest BCUT2D eigenvalue weighted by molar-refractivity contribution is 7.16. The number of hydrogen-bond donors (Lipinski definition) is 1. The zero-order valence-corrected chi connectivity index (χ0v) is 13.1. The first-order valence-electron chi connectivity index (χ1n) is 6.05. The van der Waals surface area contributed by atoms with Gasteiger partial charge in [-0.15, -0.1) is 22.7 Å². The summed E-state index contributed by atoms with van der Waals surface area (Å²) in [5, 5.41) is 7.55. The van der Waals surface area contributed by atoms with Crippen LogP contribution in [0, 0.1) is 0 Å². The number of nitrogens with one attached hydrogen (secondary N) is 1. The van der Waals surface area contributed by atoms with Crippen LogP contribution in [0.15, 0.2) is 11.6 Å². The average molecular weight is 281 g/mol. The van der Waals surface area contributed by atoms with Gasteiger partial charge in [0.15, 0.2) is 5.13 Å². The molecule has 1 N–H and O–H groups in total. The smallest absolute Gasteiger partial charge is 0.183 e. The van der Waals surface area contributed by atoms with Crippen LogP contribution in [0.2, 0.25) is 0 Å². The second kappa shape index (κ2) is 4.97. The minimum atomic E-state index is 0.109. The van der Waals surface area contributed by atoms with E-state index in [-0.39, 0.29) is 5.41 Å². The highest BCUT2D eigenvalue weighted by Gasteiger charge is 2.19. The number of aromatic nitrogens is 2. The van der Waals surface area contributed by atoms with Crippen molar-refractivity contribution < 1.29 is 0 Å². The van der Waals surface area contributed by atoms with Gasteiger partial charge in [-0.1, -0.05) is 20.8 Å². The van der Waals surface area contributed by atoms with Crippen molar-refractivity contribution in [2.24, 2.45) is 0 Å². The van der Waals surface area contributed by atoms with Gasteiger partial charge in [-0.3, -0.25) is 0 Å². The number of rotatable bonds is 3. The van der Waals surface area contributed by atoms with Gasteiger partial charge in [0.1, 0.15) is 0 Å². The van der Waals surface area contributed by atoms with E-state index in [1.54, 1.807) is 22.7 Å². The van der Waals surface area contributed by atoms with E-state index >= 15 is 0 Å². The molecule has 2 aromatic rings. The molecule has 0 saturated carbocycles. The quantitative estimate of drug-likeness (QED) is 0.907. The van der Waals surface area contributed by atoms with E-state index in [0.29, 0.717) is 6.04 Å². The summed E-state index contributed by atoms with van der Waals surface area (Å²) in [7, 11) is 0. The molecule has 0 aliphatic heterocycles. The normalized spacial score (nSPS) is 12.1. The van der Waals surface area contributed by atoms with E-state index in [2.05, 4.69) is 55.3 Å². The Bertz CT molecular complexity index is 520. The van der Waals surface area contributed by atoms with Gasteiger partial charge in [0, 0.05) is 23.0 Å². The zero-order chi connectivity index (χ0) is 13.3. The van der Waals surface area contributed by atoms with Crippen molar-refractivity contribution in [1.29, 1.82) is 0 Å². The Balaban J connectivity index is 2.21. The molecule has 98 valence electrons. The Morgan fingerprint density at radius 2 is 2.00 bits per heavy atom. The first kappa shape index (κ1) is 13.5. The topological polar surface area (TPSA) is 37.8 Å². The van der Waals surface area contributed by atoms with Gasteiger partial charge < -0.3 is 5.32 Å². The molecule has 0 bridgehead atoms. The van der Waals surface area contributed by atoms with Crippen LogP contribution in [-0.2, 0) is 5.41 Å². The van der Waals surface area contributed by atoms with Crippen LogP contribution in [0.5, 0.6) is 0 Å². The molecule has 2 rings (SSSR count). The molecule has 0 saturated heterocycles. The van der Waals surface area contributed by atoms with Gasteiger partial charge in [0.25, 0.3) is 0 Å². The summed E-state index contributed by atoms with van der Waals surface area (Å²) in [5.41, 5.74) is 1.13. The number of nitrogens with zero attached hydrogens (tertiary/aromatic N) is 2. The maximum Gasteiger partial charge on any atom is 0.183 e. The molecule has 0 spiro atoms. The van der Waals surface area contributed by atoms with Gasteiger partial charge in [0.05, 0.1) is 15.6 Å². The molecule has 0 aliphatic carbocycles. The fourth-order valence-electron chi connectivity index (χ4n) is 1.44. The lowest BCUT2D eigenvalue weighted by molar-refractivity contribution is 0.585. The van der Waals surface area contributed by atoms with Crippen molar-refractivity contribution in [2.45, 2.75) is 46.1 Å². The van der Waals surface area contributed by atoms with Crippen molar-refractivity contribution in [3.05, 3.63) is 16.6 Å². The molecule has 2 aromatic heterocycles. The summed E-state index contributed by atoms with van der Waals surface area (Å²) >= 11 is 3.38. The largest absolute Gasteiger partial charge is 0.359 e. The summed E-state index contributed by atoms with van der Waals surface area (Å²) in [5.74, 6) is 0. The second-order valence-corrected chi connectivity index (χ2v) is 7.51. The Morgan fingerprint density at radius 3 is 2.56 bits per heavy atom. The van der Waals surface area contributed by atoms with Gasteiger partial charge in [-0.25, -0.2) is 9.97 Å². The highest BCUT2D eigenvalue weighted by atomic mass is 32.1. The van der Waals surface area contributed by atoms with E-state index in [1.807, 2.05) is 6.20 Å². The molecule has 2 heterocycles. The highest BCUT2D eigenvalue weighted by Crippen LogP contribution is 2.34. The zero-order valence-electron chi connectivity index (χ0n) is 11.4. The van der Waals surface area contributed by atoms with E-state index in [9.17, 15) is 0 Å². The van der Waals surface area contributed by atoms with Gasteiger partial charge in [-0.05, 0) is 13.8 Å². The summed E-state index contributed by atoms with van der Waals surface area (Å²) < 4.78 is 0. The lowest BCUT2D eigenvalue weighted by Gasteiger charge is -2.13. The van der Waals surface area contributed by atoms with Crippen LogP contribution in [0.25, 0.3) is 10.6 Å². The maximum atomic E-state index is 4.59. The molecular formula is C13H19N3S2. The molecule has 0 fully saturated rings. The standard InChI is InChI=1S/C13H19N3S2/c1-8(2)15-12-16-9(7-17-12)10-6-14-11(18-10)13(3,4)5/h6-8H,1-5H3,(H,15,16). The SMILES string of the molecule is CC(C)Nc1nc(-c2cnc(C(C)(C)C)s2)cs1. The van der Waals surface area contributed by atoms with Crippen molar-refractivity contribution >= 4 is 27.8 Å². The first-order chi connectivity index (χ1) is 8.36. The van der Waals surface area contributed by atoms with Crippen molar-refractivity contribution in [2.75, 3.05) is 5.32 Å². The third-order valence-electron chi connectivity index (χ3n) is 2.32. The number of thiazole rings is 2. The second-order valence-electron chi connectivity index (χ2n) is 5.62. The molecule has 0 atom stereocenters. The number of hydrogen-bond acceptors (Lipinski definition) is 5. The molecule has 0 radical (unpaired) electrons. The Hall–Kier alpha value is -0.940. The van der Waals surface area contributed by atoms with Crippen LogP contribution < -0.4 is 5.32 Å². The third-order valence-corrected chi connectivity index (χ3v) is 4.54. The summed E-state index contributed by atoms with van der Waals surface area (Å²) in [6.07, 6.45) is 1.93. The average Bonchev–Trinajstić information content (AvgIpc) is 2.81. The van der Waals surface area contributed by atoms with E-state index in [0.717, 1.165) is 20.7 Å². The predicted octanol–water partition coefficient (Wildman–Crippen LogP) is 4.38. The first-order valence-corrected chi connectivity index (χ1v) is 7.74. The Labute approximate surface area is 116 Å². The van der Waals surface area contributed by atoms with Crippen LogP contribution in [0.1, 0.15) is 39.6 Å². The third kappa shape index (κ3) is 3.09. The van der Waals surface area contributed by atoms with E-state index in [1.165, 1.54) is 0 Å². The van der Waals surface area contributed by atoms with Crippen LogP contribution >= 0.6 is 22.7 Å².